The fraction of sp³-hybridized carbons (Fsp3) is 0.462. The van der Waals surface area contributed by atoms with Crippen LogP contribution in [0.3, 0.4) is 0 Å². The topological polar surface area (TPSA) is 117 Å². The highest BCUT2D eigenvalue weighted by Crippen LogP contribution is 2.31. The summed E-state index contributed by atoms with van der Waals surface area (Å²) < 4.78 is 5.64. The Kier molecular flexibility index (Phi) is 8.79. The Balaban J connectivity index is 2.53. The minimum Gasteiger partial charge on any atom is -0.481 e. The molecule has 1 aromatic heterocycles. The van der Waals surface area contributed by atoms with Crippen molar-refractivity contribution in [1.82, 2.24) is 5.32 Å². The molecule has 1 amide bonds. The summed E-state index contributed by atoms with van der Waals surface area (Å²) in [6, 6.07) is 4.64. The lowest BCUT2D eigenvalue weighted by Gasteiger charge is -2.23. The number of benzene rings is 1. The van der Waals surface area contributed by atoms with Crippen LogP contribution in [0, 0.1) is 5.41 Å². The molecule has 2 rings (SSSR count). The normalized spacial score (nSPS) is 12.6. The maximum atomic E-state index is 13.0. The Labute approximate surface area is 199 Å². The molecule has 0 aliphatic rings. The number of amides is 1. The molecule has 0 fully saturated rings. The molecule has 1 aromatic carbocycles. The Morgan fingerprint density at radius 3 is 2.35 bits per heavy atom. The molecule has 0 saturated heterocycles. The number of fused-ring (bicyclic) bond motifs is 1. The highest BCUT2D eigenvalue weighted by molar-refractivity contribution is 5.97. The molecule has 0 aliphatic heterocycles. The van der Waals surface area contributed by atoms with Gasteiger partial charge in [0.15, 0.2) is 5.78 Å². The number of nitrogens with one attached hydrogen (secondary N) is 1. The summed E-state index contributed by atoms with van der Waals surface area (Å²) in [6.07, 6.45) is 2.55. The van der Waals surface area contributed by atoms with Crippen LogP contribution < -0.4 is 15.8 Å². The van der Waals surface area contributed by atoms with Crippen molar-refractivity contribution >= 4 is 40.4 Å². The Morgan fingerprint density at radius 1 is 1.18 bits per heavy atom. The molecule has 2 N–H and O–H groups in total. The van der Waals surface area contributed by atoms with E-state index >= 15 is 0 Å². The van der Waals surface area contributed by atoms with Gasteiger partial charge in [0.05, 0.1) is 18.0 Å². The second-order valence-electron chi connectivity index (χ2n) is 9.47. The molecule has 1 atom stereocenters. The number of carbonyl (C=O) groups is 3. The summed E-state index contributed by atoms with van der Waals surface area (Å²) in [5.41, 5.74) is 1.74. The summed E-state index contributed by atoms with van der Waals surface area (Å²) in [4.78, 5) is 50.1. The Morgan fingerprint density at radius 2 is 1.82 bits per heavy atom. The summed E-state index contributed by atoms with van der Waals surface area (Å²) in [7, 11) is 0. The number of carbonyl (C=O) groups excluding carboxylic acids is 2. The maximum Gasteiger partial charge on any atom is 0.343 e. The predicted octanol–water partition coefficient (Wildman–Crippen LogP) is 3.79. The first kappa shape index (κ1) is 26.8. The van der Waals surface area contributed by atoms with Crippen LogP contribution in [0.4, 0.5) is 5.69 Å². The van der Waals surface area contributed by atoms with Gasteiger partial charge in [-0.3, -0.25) is 14.4 Å². The van der Waals surface area contributed by atoms with Crippen LogP contribution in [0.5, 0.6) is 0 Å². The van der Waals surface area contributed by atoms with Crippen molar-refractivity contribution < 1.29 is 23.9 Å². The van der Waals surface area contributed by atoms with Gasteiger partial charge in [-0.25, -0.2) is 4.79 Å². The molecule has 1 heterocycles. The average molecular weight is 471 g/mol. The fourth-order valence-electron chi connectivity index (χ4n) is 3.79. The van der Waals surface area contributed by atoms with E-state index in [1.54, 1.807) is 0 Å². The van der Waals surface area contributed by atoms with Gasteiger partial charge in [-0.05, 0) is 56.4 Å². The number of carboxylic acid groups (broad SMARTS) is 1. The van der Waals surface area contributed by atoms with Gasteiger partial charge in [-0.15, -0.1) is 0 Å². The zero-order chi connectivity index (χ0) is 25.6. The van der Waals surface area contributed by atoms with Crippen molar-refractivity contribution in [2.24, 2.45) is 5.41 Å². The smallest absolute Gasteiger partial charge is 0.343 e. The molecule has 0 saturated carbocycles. The molecule has 8 heteroatoms. The number of Topliss-reactive ketones (excluding diaryl/α,β-unsaturated/α-hetero) is 1. The number of carboxylic acids is 1. The van der Waals surface area contributed by atoms with Crippen LogP contribution >= 0.6 is 0 Å². The molecule has 0 radical (unpaired) electrons. The molecule has 0 spiro atoms. The van der Waals surface area contributed by atoms with Gasteiger partial charge in [0, 0.05) is 36.3 Å². The van der Waals surface area contributed by atoms with Crippen molar-refractivity contribution in [3.8, 4) is 0 Å². The van der Waals surface area contributed by atoms with E-state index < -0.39 is 35.7 Å². The molecule has 8 nitrogen and oxygen atoms in total. The standard InChI is InChI=1S/C26H34N2O6/c1-7-28(8-2)17-9-10-18-20(15-26(4,5)6)19(25(33)34-22(18)13-17)11-12-23(30)27-21(16(3)29)14-24(31)32/h9-13,21H,7-8,14-15H2,1-6H3,(H,27,30)(H,31,32)/b12-11+. The van der Waals surface area contributed by atoms with E-state index in [1.807, 2.05) is 18.2 Å². The molecule has 0 aliphatic carbocycles. The van der Waals surface area contributed by atoms with Crippen LogP contribution in [0.15, 0.2) is 33.5 Å². The minimum atomic E-state index is -1.20. The van der Waals surface area contributed by atoms with Crippen LogP contribution in [0.25, 0.3) is 17.0 Å². The number of nitrogens with zero attached hydrogens (tertiary/aromatic N) is 1. The second-order valence-corrected chi connectivity index (χ2v) is 9.47. The van der Waals surface area contributed by atoms with Crippen molar-refractivity contribution in [2.45, 2.75) is 60.4 Å². The van der Waals surface area contributed by atoms with E-state index in [0.29, 0.717) is 12.0 Å². The highest BCUT2D eigenvalue weighted by atomic mass is 16.4. The molecular formula is C26H34N2O6. The van der Waals surface area contributed by atoms with Gasteiger partial charge >= 0.3 is 11.6 Å². The van der Waals surface area contributed by atoms with Crippen molar-refractivity contribution in [2.75, 3.05) is 18.0 Å². The molecule has 2 aromatic rings. The first-order valence-electron chi connectivity index (χ1n) is 11.4. The van der Waals surface area contributed by atoms with Gasteiger partial charge in [0.2, 0.25) is 5.91 Å². The third kappa shape index (κ3) is 7.04. The lowest BCUT2D eigenvalue weighted by Crippen LogP contribution is -2.40. The summed E-state index contributed by atoms with van der Waals surface area (Å²) in [5.74, 6) is -2.33. The van der Waals surface area contributed by atoms with E-state index in [9.17, 15) is 19.2 Å². The predicted molar refractivity (Wildman–Crippen MR) is 133 cm³/mol. The van der Waals surface area contributed by atoms with Gasteiger partial charge in [0.25, 0.3) is 0 Å². The fourth-order valence-corrected chi connectivity index (χ4v) is 3.79. The zero-order valence-corrected chi connectivity index (χ0v) is 20.7. The number of aliphatic carboxylic acids is 1. The SMILES string of the molecule is CCN(CC)c1ccc2c(CC(C)(C)C)c(/C=C/C(=O)NC(CC(=O)O)C(C)=O)c(=O)oc2c1. The Bertz CT molecular complexity index is 1150. The third-order valence-electron chi connectivity index (χ3n) is 5.46. The van der Waals surface area contributed by atoms with Gasteiger partial charge < -0.3 is 19.7 Å². The maximum absolute atomic E-state index is 13.0. The van der Waals surface area contributed by atoms with Gasteiger partial charge in [0.1, 0.15) is 5.58 Å². The molecule has 34 heavy (non-hydrogen) atoms. The lowest BCUT2D eigenvalue weighted by atomic mass is 9.85. The summed E-state index contributed by atoms with van der Waals surface area (Å²) in [5, 5.41) is 12.1. The number of hydrogen-bond acceptors (Lipinski definition) is 6. The molecule has 184 valence electrons. The number of anilines is 1. The highest BCUT2D eigenvalue weighted by Gasteiger charge is 2.22. The van der Waals surface area contributed by atoms with E-state index in [1.165, 1.54) is 13.0 Å². The van der Waals surface area contributed by atoms with Gasteiger partial charge in [-0.1, -0.05) is 20.8 Å². The third-order valence-corrected chi connectivity index (χ3v) is 5.46. The first-order valence-corrected chi connectivity index (χ1v) is 11.4. The van der Waals surface area contributed by atoms with Crippen LogP contribution in [-0.4, -0.2) is 41.9 Å². The van der Waals surface area contributed by atoms with E-state index in [4.69, 9.17) is 9.52 Å². The number of ketones is 1. The Hall–Kier alpha value is -3.42. The quantitative estimate of drug-likeness (QED) is 0.401. The average Bonchev–Trinajstić information content (AvgIpc) is 2.72. The monoisotopic (exact) mass is 470 g/mol. The van der Waals surface area contributed by atoms with Gasteiger partial charge in [-0.2, -0.15) is 0 Å². The second kappa shape index (κ2) is 11.1. The number of rotatable bonds is 10. The summed E-state index contributed by atoms with van der Waals surface area (Å²) in [6.45, 7) is 13.1. The molecular weight excluding hydrogens is 436 g/mol. The number of hydrogen-bond donors (Lipinski definition) is 2. The summed E-state index contributed by atoms with van der Waals surface area (Å²) >= 11 is 0. The zero-order valence-electron chi connectivity index (χ0n) is 20.7. The van der Waals surface area contributed by atoms with Crippen molar-refractivity contribution in [1.29, 1.82) is 0 Å². The minimum absolute atomic E-state index is 0.148. The van der Waals surface area contributed by atoms with Crippen LogP contribution in [0.1, 0.15) is 59.1 Å². The van der Waals surface area contributed by atoms with Crippen LogP contribution in [0.2, 0.25) is 0 Å². The van der Waals surface area contributed by atoms with Crippen molar-refractivity contribution in [3.63, 3.8) is 0 Å². The van der Waals surface area contributed by atoms with Crippen molar-refractivity contribution in [3.05, 3.63) is 45.8 Å². The molecule has 0 bridgehead atoms. The largest absolute Gasteiger partial charge is 0.481 e. The van der Waals surface area contributed by atoms with E-state index in [2.05, 4.69) is 44.8 Å². The van der Waals surface area contributed by atoms with E-state index in [-0.39, 0.29) is 11.0 Å². The van der Waals surface area contributed by atoms with Crippen LogP contribution in [-0.2, 0) is 20.8 Å². The van der Waals surface area contributed by atoms with E-state index in [0.717, 1.165) is 35.8 Å². The first-order chi connectivity index (χ1) is 15.9. The lowest BCUT2D eigenvalue weighted by molar-refractivity contribution is -0.139. The molecule has 1 unspecified atom stereocenters.